The first kappa shape index (κ1) is 19.9. The molecule has 0 aliphatic rings. The van der Waals surface area contributed by atoms with Crippen LogP contribution in [0, 0.1) is 23.0 Å². The van der Waals surface area contributed by atoms with E-state index in [0.717, 1.165) is 11.1 Å². The van der Waals surface area contributed by atoms with Crippen molar-refractivity contribution in [2.75, 3.05) is 19.0 Å². The van der Waals surface area contributed by atoms with Crippen LogP contribution >= 0.6 is 0 Å². The van der Waals surface area contributed by atoms with E-state index in [1.165, 1.54) is 31.4 Å². The minimum atomic E-state index is -0.528. The molecule has 0 fully saturated rings. The Balaban J connectivity index is 1.94. The van der Waals surface area contributed by atoms with Crippen LogP contribution in [0.2, 0.25) is 0 Å². The summed E-state index contributed by atoms with van der Waals surface area (Å²) in [5, 5.41) is 15.8. The summed E-state index contributed by atoms with van der Waals surface area (Å²) in [6.45, 7) is 2.06. The lowest BCUT2D eigenvalue weighted by molar-refractivity contribution is -0.384. The number of ether oxygens (including phenoxy) is 1. The van der Waals surface area contributed by atoms with Crippen LogP contribution in [0.25, 0.3) is 0 Å². The molecule has 27 heavy (non-hydrogen) atoms. The molecular formula is C19H21N3O5. The van der Waals surface area contributed by atoms with E-state index >= 15 is 0 Å². The minimum absolute atomic E-state index is 0.0649. The van der Waals surface area contributed by atoms with E-state index in [1.807, 2.05) is 31.2 Å². The SMILES string of the molecule is COC(=O)C(CNC(=O)Nc1ccc([N+](=O)[O-])cc1)Cc1cccc(C)c1. The van der Waals surface area contributed by atoms with Gasteiger partial charge in [-0.15, -0.1) is 0 Å². The highest BCUT2D eigenvalue weighted by Gasteiger charge is 2.20. The molecule has 2 aromatic rings. The van der Waals surface area contributed by atoms with Gasteiger partial charge in [-0.3, -0.25) is 14.9 Å². The van der Waals surface area contributed by atoms with Crippen molar-refractivity contribution in [1.29, 1.82) is 0 Å². The average Bonchev–Trinajstić information content (AvgIpc) is 2.65. The number of carbonyl (C=O) groups excluding carboxylic acids is 2. The third kappa shape index (κ3) is 6.10. The van der Waals surface area contributed by atoms with Gasteiger partial charge in [0.2, 0.25) is 0 Å². The summed E-state index contributed by atoms with van der Waals surface area (Å²) in [7, 11) is 1.31. The Kier molecular flexibility index (Phi) is 6.87. The molecule has 142 valence electrons. The lowest BCUT2D eigenvalue weighted by atomic mass is 9.98. The number of nitrogens with zero attached hydrogens (tertiary/aromatic N) is 1. The van der Waals surface area contributed by atoms with Crippen LogP contribution < -0.4 is 10.6 Å². The second-order valence-corrected chi connectivity index (χ2v) is 6.05. The van der Waals surface area contributed by atoms with Gasteiger partial charge in [-0.2, -0.15) is 0 Å². The Morgan fingerprint density at radius 2 is 1.89 bits per heavy atom. The van der Waals surface area contributed by atoms with Gasteiger partial charge < -0.3 is 15.4 Å². The summed E-state index contributed by atoms with van der Waals surface area (Å²) in [5.41, 5.74) is 2.40. The third-order valence-electron chi connectivity index (χ3n) is 3.94. The fraction of sp³-hybridized carbons (Fsp3) is 0.263. The summed E-state index contributed by atoms with van der Waals surface area (Å²) < 4.78 is 4.83. The van der Waals surface area contributed by atoms with E-state index in [4.69, 9.17) is 4.74 Å². The molecule has 8 heteroatoms. The molecule has 0 spiro atoms. The zero-order valence-electron chi connectivity index (χ0n) is 15.1. The average molecular weight is 371 g/mol. The van der Waals surface area contributed by atoms with Crippen molar-refractivity contribution in [2.45, 2.75) is 13.3 Å². The number of rotatable bonds is 7. The number of nitro benzene ring substituents is 1. The van der Waals surface area contributed by atoms with Gasteiger partial charge in [0.1, 0.15) is 0 Å². The fourth-order valence-electron chi connectivity index (χ4n) is 2.59. The second kappa shape index (κ2) is 9.33. The Hall–Kier alpha value is -3.42. The number of amides is 2. The van der Waals surface area contributed by atoms with Crippen LogP contribution in [-0.2, 0) is 16.0 Å². The first-order chi connectivity index (χ1) is 12.9. The lowest BCUT2D eigenvalue weighted by Gasteiger charge is -2.16. The maximum atomic E-state index is 12.0. The Bertz CT molecular complexity index is 820. The molecule has 0 saturated heterocycles. The van der Waals surface area contributed by atoms with E-state index < -0.39 is 22.8 Å². The van der Waals surface area contributed by atoms with Crippen molar-refractivity contribution in [2.24, 2.45) is 5.92 Å². The maximum absolute atomic E-state index is 12.0. The molecule has 0 bridgehead atoms. The molecule has 0 saturated carbocycles. The van der Waals surface area contributed by atoms with Gasteiger partial charge in [0.05, 0.1) is 18.0 Å². The number of hydrogen-bond donors (Lipinski definition) is 2. The molecule has 1 unspecified atom stereocenters. The number of esters is 1. The van der Waals surface area contributed by atoms with E-state index in [-0.39, 0.29) is 12.2 Å². The van der Waals surface area contributed by atoms with Gasteiger partial charge >= 0.3 is 12.0 Å². The topological polar surface area (TPSA) is 111 Å². The van der Waals surface area contributed by atoms with Gasteiger partial charge in [0.15, 0.2) is 0 Å². The van der Waals surface area contributed by atoms with Crippen LogP contribution in [0.5, 0.6) is 0 Å². The normalized spacial score (nSPS) is 11.3. The van der Waals surface area contributed by atoms with Gasteiger partial charge in [-0.05, 0) is 31.0 Å². The van der Waals surface area contributed by atoms with Crippen molar-refractivity contribution in [3.05, 3.63) is 69.8 Å². The number of urea groups is 1. The summed E-state index contributed by atoms with van der Waals surface area (Å²) in [5.74, 6) is -0.938. The number of non-ortho nitro benzene ring substituents is 1. The van der Waals surface area contributed by atoms with Crippen molar-refractivity contribution >= 4 is 23.4 Å². The van der Waals surface area contributed by atoms with Crippen LogP contribution in [0.4, 0.5) is 16.2 Å². The standard InChI is InChI=1S/C19H21N3O5/c1-13-4-3-5-14(10-13)11-15(18(23)27-2)12-20-19(24)21-16-6-8-17(9-7-16)22(25)26/h3-10,15H,11-12H2,1-2H3,(H2,20,21,24). The van der Waals surface area contributed by atoms with Crippen molar-refractivity contribution in [1.82, 2.24) is 5.32 Å². The highest BCUT2D eigenvalue weighted by atomic mass is 16.6. The number of hydrogen-bond acceptors (Lipinski definition) is 5. The van der Waals surface area contributed by atoms with E-state index in [1.54, 1.807) is 0 Å². The molecule has 0 aliphatic heterocycles. The third-order valence-corrected chi connectivity index (χ3v) is 3.94. The predicted molar refractivity (Wildman–Crippen MR) is 101 cm³/mol. The smallest absolute Gasteiger partial charge is 0.319 e. The molecule has 1 atom stereocenters. The molecule has 2 amide bonds. The molecule has 0 aromatic heterocycles. The van der Waals surface area contributed by atoms with E-state index in [2.05, 4.69) is 10.6 Å². The lowest BCUT2D eigenvalue weighted by Crippen LogP contribution is -2.37. The zero-order chi connectivity index (χ0) is 19.8. The maximum Gasteiger partial charge on any atom is 0.319 e. The van der Waals surface area contributed by atoms with Gasteiger partial charge in [-0.1, -0.05) is 29.8 Å². The highest BCUT2D eigenvalue weighted by Crippen LogP contribution is 2.15. The van der Waals surface area contributed by atoms with Crippen LogP contribution in [0.15, 0.2) is 48.5 Å². The van der Waals surface area contributed by atoms with Crippen molar-refractivity contribution in [3.8, 4) is 0 Å². The van der Waals surface area contributed by atoms with Gasteiger partial charge in [0, 0.05) is 24.4 Å². The number of anilines is 1. The predicted octanol–water partition coefficient (Wildman–Crippen LogP) is 3.06. The second-order valence-electron chi connectivity index (χ2n) is 6.05. The fourth-order valence-corrected chi connectivity index (χ4v) is 2.59. The Morgan fingerprint density at radius 3 is 2.48 bits per heavy atom. The van der Waals surface area contributed by atoms with E-state index in [9.17, 15) is 19.7 Å². The van der Waals surface area contributed by atoms with E-state index in [0.29, 0.717) is 12.1 Å². The van der Waals surface area contributed by atoms with Gasteiger partial charge in [0.25, 0.3) is 5.69 Å². The number of aryl methyl sites for hydroxylation is 1. The summed E-state index contributed by atoms with van der Waals surface area (Å²) in [6, 6.07) is 12.7. The van der Waals surface area contributed by atoms with Crippen molar-refractivity contribution < 1.29 is 19.2 Å². The summed E-state index contributed by atoms with van der Waals surface area (Å²) >= 11 is 0. The molecule has 2 N–H and O–H groups in total. The summed E-state index contributed by atoms with van der Waals surface area (Å²) in [4.78, 5) is 34.2. The quantitative estimate of drug-likeness (QED) is 0.441. The molecule has 2 aromatic carbocycles. The monoisotopic (exact) mass is 371 g/mol. The number of methoxy groups -OCH3 is 1. The molecular weight excluding hydrogens is 350 g/mol. The zero-order valence-corrected chi connectivity index (χ0v) is 15.1. The van der Waals surface area contributed by atoms with Crippen LogP contribution in [0.3, 0.4) is 0 Å². The van der Waals surface area contributed by atoms with Crippen LogP contribution in [-0.4, -0.2) is 30.6 Å². The molecule has 2 rings (SSSR count). The first-order valence-electron chi connectivity index (χ1n) is 8.31. The minimum Gasteiger partial charge on any atom is -0.469 e. The Labute approximate surface area is 156 Å². The summed E-state index contributed by atoms with van der Waals surface area (Å²) in [6.07, 6.45) is 0.437. The Morgan fingerprint density at radius 1 is 1.19 bits per heavy atom. The number of carbonyl (C=O) groups is 2. The molecule has 0 aliphatic carbocycles. The number of benzene rings is 2. The number of nitro groups is 1. The first-order valence-corrected chi connectivity index (χ1v) is 8.31. The van der Waals surface area contributed by atoms with Gasteiger partial charge in [-0.25, -0.2) is 4.79 Å². The molecule has 0 radical (unpaired) electrons. The van der Waals surface area contributed by atoms with Crippen molar-refractivity contribution in [3.63, 3.8) is 0 Å². The highest BCUT2D eigenvalue weighted by molar-refractivity contribution is 5.89. The molecule has 8 nitrogen and oxygen atoms in total. The largest absolute Gasteiger partial charge is 0.469 e. The van der Waals surface area contributed by atoms with Crippen LogP contribution in [0.1, 0.15) is 11.1 Å². The molecule has 0 heterocycles. The number of nitrogens with one attached hydrogen (secondary N) is 2.